The van der Waals surface area contributed by atoms with E-state index in [1.54, 1.807) is 0 Å². The van der Waals surface area contributed by atoms with Gasteiger partial charge in [0.2, 0.25) is 0 Å². The third-order valence-electron chi connectivity index (χ3n) is 8.78. The van der Waals surface area contributed by atoms with Crippen molar-refractivity contribution in [2.45, 2.75) is 0 Å². The van der Waals surface area contributed by atoms with Crippen LogP contribution in [0, 0.1) is 0 Å². The molecule has 0 fully saturated rings. The zero-order valence-corrected chi connectivity index (χ0v) is 22.4. The molecule has 9 aromatic rings. The molecular formula is C40H25N. The predicted molar refractivity (Wildman–Crippen MR) is 177 cm³/mol. The first-order valence-electron chi connectivity index (χ1n) is 14.2. The van der Waals surface area contributed by atoms with Gasteiger partial charge in [-0.25, -0.2) is 0 Å². The number of hydrogen-bond donors (Lipinski definition) is 1. The Morgan fingerprint density at radius 1 is 0.293 bits per heavy atom. The smallest absolute Gasteiger partial charge is 0.0544 e. The molecule has 0 aliphatic heterocycles. The summed E-state index contributed by atoms with van der Waals surface area (Å²) >= 11 is 0. The van der Waals surface area contributed by atoms with Gasteiger partial charge in [-0.05, 0) is 66.5 Å². The molecule has 0 saturated heterocycles. The van der Waals surface area contributed by atoms with Gasteiger partial charge in [0.25, 0.3) is 0 Å². The number of fused-ring (bicyclic) bond motifs is 11. The van der Waals surface area contributed by atoms with E-state index in [0.29, 0.717) is 0 Å². The van der Waals surface area contributed by atoms with Gasteiger partial charge in [0.05, 0.1) is 11.0 Å². The van der Waals surface area contributed by atoms with Crippen LogP contribution in [0.5, 0.6) is 0 Å². The van der Waals surface area contributed by atoms with Crippen LogP contribution in [0.15, 0.2) is 146 Å². The molecule has 0 radical (unpaired) electrons. The van der Waals surface area contributed by atoms with Crippen LogP contribution >= 0.6 is 0 Å². The lowest BCUT2D eigenvalue weighted by atomic mass is 9.91. The van der Waals surface area contributed by atoms with E-state index in [4.69, 9.17) is 0 Å². The van der Waals surface area contributed by atoms with Crippen molar-refractivity contribution in [2.75, 3.05) is 0 Å². The number of H-pyrrole nitrogens is 1. The van der Waals surface area contributed by atoms with Crippen molar-refractivity contribution in [3.63, 3.8) is 0 Å². The summed E-state index contributed by atoms with van der Waals surface area (Å²) in [5, 5.41) is 12.9. The van der Waals surface area contributed by atoms with Crippen molar-refractivity contribution in [2.24, 2.45) is 0 Å². The van der Waals surface area contributed by atoms with Crippen LogP contribution in [0.4, 0.5) is 0 Å². The molecule has 1 nitrogen and oxygen atoms in total. The molecule has 0 aliphatic rings. The van der Waals surface area contributed by atoms with Gasteiger partial charge in [-0.3, -0.25) is 0 Å². The molecule has 1 N–H and O–H groups in total. The summed E-state index contributed by atoms with van der Waals surface area (Å²) in [5.41, 5.74) is 7.28. The molecule has 0 aliphatic carbocycles. The second kappa shape index (κ2) is 8.55. The largest absolute Gasteiger partial charge is 0.353 e. The van der Waals surface area contributed by atoms with E-state index < -0.39 is 0 Å². The Bertz CT molecular complexity index is 2440. The first-order chi connectivity index (χ1) is 20.3. The van der Waals surface area contributed by atoms with Crippen molar-refractivity contribution < 1.29 is 0 Å². The molecular weight excluding hydrogens is 494 g/mol. The fraction of sp³-hybridized carbons (Fsp3) is 0. The highest BCUT2D eigenvalue weighted by atomic mass is 14.7. The van der Waals surface area contributed by atoms with Crippen LogP contribution in [-0.4, -0.2) is 4.98 Å². The van der Waals surface area contributed by atoms with Crippen LogP contribution in [0.2, 0.25) is 0 Å². The van der Waals surface area contributed by atoms with Crippen LogP contribution in [0.1, 0.15) is 0 Å². The molecule has 0 bridgehead atoms. The van der Waals surface area contributed by atoms with Gasteiger partial charge in [-0.2, -0.15) is 0 Å². The Kier molecular flexibility index (Phi) is 4.67. The second-order valence-corrected chi connectivity index (χ2v) is 11.0. The van der Waals surface area contributed by atoms with Crippen molar-refractivity contribution in [1.29, 1.82) is 0 Å². The molecule has 0 unspecified atom stereocenters. The third kappa shape index (κ3) is 3.30. The van der Waals surface area contributed by atoms with E-state index in [2.05, 4.69) is 151 Å². The van der Waals surface area contributed by atoms with Gasteiger partial charge in [0, 0.05) is 21.7 Å². The van der Waals surface area contributed by atoms with Crippen molar-refractivity contribution >= 4 is 64.9 Å². The lowest BCUT2D eigenvalue weighted by Crippen LogP contribution is -1.86. The lowest BCUT2D eigenvalue weighted by molar-refractivity contribution is 1.54. The first-order valence-corrected chi connectivity index (χ1v) is 14.2. The summed E-state index contributed by atoms with van der Waals surface area (Å²) in [7, 11) is 0. The number of aromatic nitrogens is 1. The monoisotopic (exact) mass is 519 g/mol. The number of rotatable bonds is 2. The highest BCUT2D eigenvalue weighted by molar-refractivity contribution is 6.26. The predicted octanol–water partition coefficient (Wildman–Crippen LogP) is 11.3. The Labute approximate surface area is 237 Å². The number of aromatic amines is 1. The minimum absolute atomic E-state index is 1.19. The average Bonchev–Trinajstić information content (AvgIpc) is 3.44. The molecule has 0 atom stereocenters. The van der Waals surface area contributed by atoms with E-state index in [1.165, 1.54) is 87.1 Å². The second-order valence-electron chi connectivity index (χ2n) is 11.0. The zero-order valence-electron chi connectivity index (χ0n) is 22.4. The molecule has 1 aromatic heterocycles. The topological polar surface area (TPSA) is 15.8 Å². The fourth-order valence-corrected chi connectivity index (χ4v) is 6.86. The highest BCUT2D eigenvalue weighted by Crippen LogP contribution is 2.39. The molecule has 0 spiro atoms. The molecule has 1 heterocycles. The molecule has 1 heteroatoms. The molecule has 41 heavy (non-hydrogen) atoms. The van der Waals surface area contributed by atoms with E-state index in [0.717, 1.165) is 0 Å². The van der Waals surface area contributed by atoms with Gasteiger partial charge in [0.15, 0.2) is 0 Å². The molecule has 190 valence electrons. The average molecular weight is 520 g/mol. The maximum Gasteiger partial charge on any atom is 0.0544 e. The summed E-state index contributed by atoms with van der Waals surface area (Å²) in [5.74, 6) is 0. The van der Waals surface area contributed by atoms with Gasteiger partial charge in [-0.1, -0.05) is 133 Å². The number of para-hydroxylation sites is 1. The van der Waals surface area contributed by atoms with Gasteiger partial charge in [0.1, 0.15) is 0 Å². The van der Waals surface area contributed by atoms with Gasteiger partial charge in [-0.15, -0.1) is 0 Å². The van der Waals surface area contributed by atoms with Crippen LogP contribution in [0.25, 0.3) is 87.1 Å². The zero-order chi connectivity index (χ0) is 26.9. The number of benzene rings is 8. The Morgan fingerprint density at radius 2 is 0.829 bits per heavy atom. The Balaban J connectivity index is 1.25. The molecule has 0 amide bonds. The van der Waals surface area contributed by atoms with E-state index in [-0.39, 0.29) is 0 Å². The summed E-state index contributed by atoms with van der Waals surface area (Å²) in [6.07, 6.45) is 0. The SMILES string of the molecule is c1cc(-c2ccc3c4ccccc4c4ccccc4c3c2)cc(-c2cccc3c2[nH]c2c4ccccc4ccc32)c1. The van der Waals surface area contributed by atoms with Gasteiger partial charge < -0.3 is 4.98 Å². The van der Waals surface area contributed by atoms with Crippen molar-refractivity contribution in [1.82, 2.24) is 4.98 Å². The molecule has 9 rings (SSSR count). The van der Waals surface area contributed by atoms with Crippen molar-refractivity contribution in [3.8, 4) is 22.3 Å². The lowest BCUT2D eigenvalue weighted by Gasteiger charge is -2.12. The summed E-state index contributed by atoms with van der Waals surface area (Å²) < 4.78 is 0. The van der Waals surface area contributed by atoms with Crippen LogP contribution in [-0.2, 0) is 0 Å². The highest BCUT2D eigenvalue weighted by Gasteiger charge is 2.13. The maximum atomic E-state index is 3.81. The van der Waals surface area contributed by atoms with Crippen LogP contribution in [0.3, 0.4) is 0 Å². The Morgan fingerprint density at radius 3 is 1.61 bits per heavy atom. The minimum Gasteiger partial charge on any atom is -0.353 e. The quantitative estimate of drug-likeness (QED) is 0.219. The van der Waals surface area contributed by atoms with E-state index >= 15 is 0 Å². The van der Waals surface area contributed by atoms with E-state index in [9.17, 15) is 0 Å². The Hall–Kier alpha value is -5.40. The number of hydrogen-bond acceptors (Lipinski definition) is 0. The summed E-state index contributed by atoms with van der Waals surface area (Å²) in [6.45, 7) is 0. The standard InChI is InChI=1S/C40H25N/c1-2-12-29-25(9-1)19-22-37-36-18-8-17-30(40(36)41-39(29)37)28-11-7-10-26(23-28)27-20-21-35-33-15-4-3-13-31(33)32-14-5-6-16-34(32)38(35)24-27/h1-24,41H. The third-order valence-corrected chi connectivity index (χ3v) is 8.78. The van der Waals surface area contributed by atoms with E-state index in [1.807, 2.05) is 0 Å². The fourth-order valence-electron chi connectivity index (χ4n) is 6.86. The first kappa shape index (κ1) is 22.4. The maximum absolute atomic E-state index is 3.81. The molecule has 8 aromatic carbocycles. The van der Waals surface area contributed by atoms with Crippen molar-refractivity contribution in [3.05, 3.63) is 146 Å². The van der Waals surface area contributed by atoms with Gasteiger partial charge >= 0.3 is 0 Å². The normalized spacial score (nSPS) is 11.9. The molecule has 0 saturated carbocycles. The summed E-state index contributed by atoms with van der Waals surface area (Å²) in [6, 6.07) is 53.2. The minimum atomic E-state index is 1.19. The number of nitrogens with one attached hydrogen (secondary N) is 1. The van der Waals surface area contributed by atoms with Crippen LogP contribution < -0.4 is 0 Å². The summed E-state index contributed by atoms with van der Waals surface area (Å²) in [4.78, 5) is 3.81.